The number of nitrogens with one attached hydrogen (secondary N) is 1. The minimum atomic E-state index is -3.83. The summed E-state index contributed by atoms with van der Waals surface area (Å²) in [6.07, 6.45) is 3.18. The number of hydrogen-bond donors (Lipinski definition) is 1. The molecule has 3 aromatic carbocycles. The number of amides is 1. The van der Waals surface area contributed by atoms with Crippen LogP contribution in [0.25, 0.3) is 11.0 Å². The second-order valence-corrected chi connectivity index (χ2v) is 9.63. The van der Waals surface area contributed by atoms with E-state index < -0.39 is 9.84 Å². The van der Waals surface area contributed by atoms with Gasteiger partial charge in [-0.25, -0.2) is 8.42 Å². The van der Waals surface area contributed by atoms with E-state index in [1.807, 2.05) is 18.2 Å². The van der Waals surface area contributed by atoms with Crippen molar-refractivity contribution in [2.75, 3.05) is 0 Å². The second-order valence-electron chi connectivity index (χ2n) is 7.72. The van der Waals surface area contributed by atoms with Crippen molar-refractivity contribution in [1.29, 1.82) is 0 Å². The van der Waals surface area contributed by atoms with Crippen molar-refractivity contribution >= 4 is 26.7 Å². The van der Waals surface area contributed by atoms with E-state index in [9.17, 15) is 13.2 Å². The summed E-state index contributed by atoms with van der Waals surface area (Å²) >= 11 is 0. The van der Waals surface area contributed by atoms with Gasteiger partial charge in [-0.05, 0) is 54.1 Å². The number of ether oxygens (including phenoxy) is 1. The molecule has 5 rings (SSSR count). The Morgan fingerprint density at radius 1 is 0.914 bits per heavy atom. The van der Waals surface area contributed by atoms with Gasteiger partial charge in [-0.3, -0.25) is 9.78 Å². The Hall–Kier alpha value is -4.43. The van der Waals surface area contributed by atoms with Crippen LogP contribution in [0.4, 0.5) is 0 Å². The van der Waals surface area contributed by atoms with Gasteiger partial charge in [0.1, 0.15) is 16.4 Å². The van der Waals surface area contributed by atoms with Crippen LogP contribution in [0.1, 0.15) is 16.1 Å². The second kappa shape index (κ2) is 9.44. The fourth-order valence-electron chi connectivity index (χ4n) is 3.55. The number of hydrogen-bond acceptors (Lipinski definition) is 6. The lowest BCUT2D eigenvalue weighted by Crippen LogP contribution is -2.22. The van der Waals surface area contributed by atoms with Crippen LogP contribution in [-0.2, 0) is 16.4 Å². The molecule has 174 valence electrons. The van der Waals surface area contributed by atoms with E-state index in [0.717, 1.165) is 10.9 Å². The minimum absolute atomic E-state index is 0.0734. The molecular formula is C27H20N2O5S. The summed E-state index contributed by atoms with van der Waals surface area (Å²) in [6.45, 7) is 0.210. The average Bonchev–Trinajstić information content (AvgIpc) is 3.33. The molecular weight excluding hydrogens is 464 g/mol. The highest BCUT2D eigenvalue weighted by Gasteiger charge is 2.22. The fraction of sp³-hybridized carbons (Fsp3) is 0.0370. The molecule has 0 bridgehead atoms. The maximum Gasteiger partial charge on any atom is 0.287 e. The highest BCUT2D eigenvalue weighted by atomic mass is 32.2. The number of carbonyl (C=O) groups is 1. The molecule has 0 aliphatic carbocycles. The predicted octanol–water partition coefficient (Wildman–Crippen LogP) is 5.38. The summed E-state index contributed by atoms with van der Waals surface area (Å²) in [5.74, 6) is 0.602. The summed E-state index contributed by atoms with van der Waals surface area (Å²) in [7, 11) is -3.83. The minimum Gasteiger partial charge on any atom is -0.456 e. The van der Waals surface area contributed by atoms with Crippen molar-refractivity contribution in [3.05, 3.63) is 115 Å². The van der Waals surface area contributed by atoms with Crippen LogP contribution >= 0.6 is 0 Å². The van der Waals surface area contributed by atoms with Crippen molar-refractivity contribution in [2.24, 2.45) is 0 Å². The van der Waals surface area contributed by atoms with Crippen LogP contribution in [-0.4, -0.2) is 19.3 Å². The molecule has 0 radical (unpaired) electrons. The van der Waals surface area contributed by atoms with Crippen LogP contribution in [0, 0.1) is 0 Å². The first-order valence-electron chi connectivity index (χ1n) is 10.8. The van der Waals surface area contributed by atoms with Crippen molar-refractivity contribution in [2.45, 2.75) is 16.3 Å². The molecule has 1 amide bonds. The van der Waals surface area contributed by atoms with E-state index in [2.05, 4.69) is 10.3 Å². The van der Waals surface area contributed by atoms with E-state index in [1.165, 1.54) is 18.2 Å². The number of aromatic nitrogens is 1. The zero-order valence-corrected chi connectivity index (χ0v) is 19.2. The molecule has 0 saturated carbocycles. The first kappa shape index (κ1) is 22.4. The number of rotatable bonds is 7. The molecule has 0 aliphatic rings. The predicted molar refractivity (Wildman–Crippen MR) is 130 cm³/mol. The molecule has 5 aromatic rings. The summed E-state index contributed by atoms with van der Waals surface area (Å²) in [4.78, 5) is 16.6. The molecule has 2 heterocycles. The number of sulfone groups is 1. The lowest BCUT2D eigenvalue weighted by Gasteiger charge is -2.12. The summed E-state index contributed by atoms with van der Waals surface area (Å²) < 4.78 is 38.0. The molecule has 0 atom stereocenters. The Bertz CT molecular complexity index is 1560. The van der Waals surface area contributed by atoms with E-state index in [-0.39, 0.29) is 33.8 Å². The Labute approximate surface area is 201 Å². The van der Waals surface area contributed by atoms with Crippen molar-refractivity contribution < 1.29 is 22.4 Å². The van der Waals surface area contributed by atoms with Crippen LogP contribution in [0.3, 0.4) is 0 Å². The van der Waals surface area contributed by atoms with E-state index in [0.29, 0.717) is 11.3 Å². The van der Waals surface area contributed by atoms with Crippen LogP contribution < -0.4 is 10.1 Å². The van der Waals surface area contributed by atoms with Gasteiger partial charge in [0.05, 0.1) is 11.1 Å². The molecule has 0 spiro atoms. The maximum absolute atomic E-state index is 13.3. The zero-order valence-electron chi connectivity index (χ0n) is 18.4. The standard InChI is InChI=1S/C27H20N2O5S/c30-27(24-16-20-14-15-28-18-25(20)34-24)29-17-19-10-12-22(13-11-19)35(31,32)26-9-5-4-8-23(26)33-21-6-2-1-3-7-21/h1-16,18H,17H2,(H,29,30). The van der Waals surface area contributed by atoms with Crippen molar-refractivity contribution in [1.82, 2.24) is 10.3 Å². The van der Waals surface area contributed by atoms with Gasteiger partial charge >= 0.3 is 0 Å². The van der Waals surface area contributed by atoms with E-state index in [1.54, 1.807) is 67.0 Å². The molecule has 1 N–H and O–H groups in total. The number of para-hydroxylation sites is 2. The molecule has 8 heteroatoms. The maximum atomic E-state index is 13.3. The summed E-state index contributed by atoms with van der Waals surface area (Å²) in [5.41, 5.74) is 1.27. The SMILES string of the molecule is O=C(NCc1ccc(S(=O)(=O)c2ccccc2Oc2ccccc2)cc1)c1cc2ccncc2o1. The number of fused-ring (bicyclic) bond motifs is 1. The third-order valence-electron chi connectivity index (χ3n) is 5.34. The Morgan fingerprint density at radius 2 is 1.66 bits per heavy atom. The first-order valence-corrected chi connectivity index (χ1v) is 12.3. The van der Waals surface area contributed by atoms with Gasteiger partial charge in [0.25, 0.3) is 5.91 Å². The van der Waals surface area contributed by atoms with Gasteiger partial charge in [0.2, 0.25) is 9.84 Å². The fourth-order valence-corrected chi connectivity index (χ4v) is 4.93. The third kappa shape index (κ3) is 4.78. The van der Waals surface area contributed by atoms with Gasteiger partial charge in [-0.2, -0.15) is 0 Å². The van der Waals surface area contributed by atoms with E-state index >= 15 is 0 Å². The van der Waals surface area contributed by atoms with Gasteiger partial charge in [-0.15, -0.1) is 0 Å². The molecule has 0 fully saturated rings. The Morgan fingerprint density at radius 3 is 2.43 bits per heavy atom. The number of benzene rings is 3. The number of nitrogens with zero attached hydrogens (tertiary/aromatic N) is 1. The highest BCUT2D eigenvalue weighted by molar-refractivity contribution is 7.91. The Kier molecular flexibility index (Phi) is 6.03. The Balaban J connectivity index is 1.31. The average molecular weight is 485 g/mol. The molecule has 7 nitrogen and oxygen atoms in total. The summed E-state index contributed by atoms with van der Waals surface area (Å²) in [6, 6.07) is 25.3. The summed E-state index contributed by atoms with van der Waals surface area (Å²) in [5, 5.41) is 3.57. The van der Waals surface area contributed by atoms with Gasteiger partial charge < -0.3 is 14.5 Å². The van der Waals surface area contributed by atoms with Gasteiger partial charge in [0, 0.05) is 18.1 Å². The molecule has 0 aliphatic heterocycles. The quantitative estimate of drug-likeness (QED) is 0.333. The number of furan rings is 1. The lowest BCUT2D eigenvalue weighted by atomic mass is 10.2. The van der Waals surface area contributed by atoms with Gasteiger partial charge in [0.15, 0.2) is 11.3 Å². The molecule has 0 unspecified atom stereocenters. The topological polar surface area (TPSA) is 98.5 Å². The first-order chi connectivity index (χ1) is 17.0. The number of carbonyl (C=O) groups excluding carboxylic acids is 1. The molecule has 0 saturated heterocycles. The number of pyridine rings is 1. The normalized spacial score (nSPS) is 11.3. The smallest absolute Gasteiger partial charge is 0.287 e. The molecule has 35 heavy (non-hydrogen) atoms. The third-order valence-corrected chi connectivity index (χ3v) is 7.15. The van der Waals surface area contributed by atoms with Gasteiger partial charge in [-0.1, -0.05) is 42.5 Å². The van der Waals surface area contributed by atoms with Crippen molar-refractivity contribution in [3.63, 3.8) is 0 Å². The van der Waals surface area contributed by atoms with E-state index in [4.69, 9.17) is 9.15 Å². The van der Waals surface area contributed by atoms with Crippen LogP contribution in [0.2, 0.25) is 0 Å². The largest absolute Gasteiger partial charge is 0.456 e. The molecule has 2 aromatic heterocycles. The highest BCUT2D eigenvalue weighted by Crippen LogP contribution is 2.32. The van der Waals surface area contributed by atoms with Crippen molar-refractivity contribution in [3.8, 4) is 11.5 Å². The monoisotopic (exact) mass is 484 g/mol. The lowest BCUT2D eigenvalue weighted by molar-refractivity contribution is 0.0925. The van der Waals surface area contributed by atoms with Crippen LogP contribution in [0.15, 0.2) is 118 Å². The van der Waals surface area contributed by atoms with Crippen LogP contribution in [0.5, 0.6) is 11.5 Å². The zero-order chi connectivity index (χ0) is 24.3.